The molecule has 2 aromatic heterocycles. The van der Waals surface area contributed by atoms with E-state index in [4.69, 9.17) is 0 Å². The molecule has 0 radical (unpaired) electrons. The highest BCUT2D eigenvalue weighted by Gasteiger charge is 2.19. The summed E-state index contributed by atoms with van der Waals surface area (Å²) in [6.07, 6.45) is 3.15. The van der Waals surface area contributed by atoms with Crippen LogP contribution in [0.25, 0.3) is 10.2 Å². The van der Waals surface area contributed by atoms with Crippen LogP contribution in [0, 0.1) is 5.82 Å². The zero-order chi connectivity index (χ0) is 17.1. The lowest BCUT2D eigenvalue weighted by atomic mass is 10.2. The predicted molar refractivity (Wildman–Crippen MR) is 97.2 cm³/mol. The van der Waals surface area contributed by atoms with Gasteiger partial charge >= 0.3 is 0 Å². The molecule has 1 N–H and O–H groups in total. The smallest absolute Gasteiger partial charge is 0.272 e. The SMILES string of the molecule is C=CN(C(=O)c1cc2c(NCC)ccnc2s1)c1ccc(F)cc1. The van der Waals surface area contributed by atoms with Crippen LogP contribution < -0.4 is 10.2 Å². The molecule has 0 aliphatic rings. The quantitative estimate of drug-likeness (QED) is 0.734. The van der Waals surface area contributed by atoms with Crippen molar-refractivity contribution in [2.45, 2.75) is 6.92 Å². The third-order valence-corrected chi connectivity index (χ3v) is 4.55. The zero-order valence-electron chi connectivity index (χ0n) is 13.1. The summed E-state index contributed by atoms with van der Waals surface area (Å²) in [6, 6.07) is 9.43. The maximum atomic E-state index is 13.1. The second kappa shape index (κ2) is 6.80. The average Bonchev–Trinajstić information content (AvgIpc) is 3.03. The second-order valence-corrected chi connectivity index (χ2v) is 6.08. The van der Waals surface area contributed by atoms with Gasteiger partial charge in [-0.3, -0.25) is 9.69 Å². The lowest BCUT2D eigenvalue weighted by molar-refractivity contribution is 0.100. The van der Waals surface area contributed by atoms with Gasteiger partial charge in [-0.1, -0.05) is 6.58 Å². The lowest BCUT2D eigenvalue weighted by Crippen LogP contribution is -2.23. The molecule has 0 bridgehead atoms. The van der Waals surface area contributed by atoms with Crippen molar-refractivity contribution in [2.24, 2.45) is 0 Å². The fraction of sp³-hybridized carbons (Fsp3) is 0.111. The molecule has 0 saturated heterocycles. The van der Waals surface area contributed by atoms with Crippen molar-refractivity contribution in [1.82, 2.24) is 4.98 Å². The first kappa shape index (κ1) is 16.1. The highest BCUT2D eigenvalue weighted by atomic mass is 32.1. The van der Waals surface area contributed by atoms with Gasteiger partial charge in [0.15, 0.2) is 0 Å². The van der Waals surface area contributed by atoms with Crippen LogP contribution in [0.2, 0.25) is 0 Å². The maximum Gasteiger partial charge on any atom is 0.272 e. The molecule has 0 atom stereocenters. The standard InChI is InChI=1S/C18H16FN3OS/c1-3-20-15-9-10-21-17-14(15)11-16(24-17)18(23)22(4-2)13-7-5-12(19)6-8-13/h4-11H,2-3H2,1H3,(H,20,21). The van der Waals surface area contributed by atoms with E-state index in [9.17, 15) is 9.18 Å². The number of pyridine rings is 1. The number of carbonyl (C=O) groups excluding carboxylic acids is 1. The van der Waals surface area contributed by atoms with Crippen LogP contribution in [-0.4, -0.2) is 17.4 Å². The second-order valence-electron chi connectivity index (χ2n) is 5.05. The number of nitrogens with zero attached hydrogens (tertiary/aromatic N) is 2. The molecule has 4 nitrogen and oxygen atoms in total. The van der Waals surface area contributed by atoms with E-state index in [1.54, 1.807) is 18.3 Å². The van der Waals surface area contributed by atoms with E-state index in [-0.39, 0.29) is 11.7 Å². The molecule has 24 heavy (non-hydrogen) atoms. The van der Waals surface area contributed by atoms with Gasteiger partial charge in [-0.05, 0) is 43.3 Å². The summed E-state index contributed by atoms with van der Waals surface area (Å²) in [5.74, 6) is -0.571. The van der Waals surface area contributed by atoms with E-state index >= 15 is 0 Å². The van der Waals surface area contributed by atoms with Crippen LogP contribution in [-0.2, 0) is 0 Å². The fourth-order valence-corrected chi connectivity index (χ4v) is 3.38. The van der Waals surface area contributed by atoms with Gasteiger partial charge in [0.05, 0.1) is 4.88 Å². The predicted octanol–water partition coefficient (Wildman–Crippen LogP) is 4.66. The normalized spacial score (nSPS) is 10.6. The fourth-order valence-electron chi connectivity index (χ4n) is 2.42. The number of nitrogens with one attached hydrogen (secondary N) is 1. The minimum atomic E-state index is -0.350. The number of hydrogen-bond donors (Lipinski definition) is 1. The first-order valence-electron chi connectivity index (χ1n) is 7.48. The highest BCUT2D eigenvalue weighted by molar-refractivity contribution is 7.20. The molecule has 0 aliphatic heterocycles. The van der Waals surface area contributed by atoms with Gasteiger partial charge in [-0.25, -0.2) is 9.37 Å². The Morgan fingerprint density at radius 2 is 2.12 bits per heavy atom. The number of hydrogen-bond acceptors (Lipinski definition) is 4. The number of thiophene rings is 1. The third kappa shape index (κ3) is 3.00. The summed E-state index contributed by atoms with van der Waals surface area (Å²) >= 11 is 1.32. The van der Waals surface area contributed by atoms with E-state index < -0.39 is 0 Å². The van der Waals surface area contributed by atoms with Crippen LogP contribution in [0.5, 0.6) is 0 Å². The van der Waals surface area contributed by atoms with Crippen LogP contribution in [0.15, 0.2) is 55.4 Å². The van der Waals surface area contributed by atoms with Crippen LogP contribution in [0.4, 0.5) is 15.8 Å². The van der Waals surface area contributed by atoms with E-state index in [0.717, 1.165) is 22.4 Å². The van der Waals surface area contributed by atoms with Crippen molar-refractivity contribution < 1.29 is 9.18 Å². The molecule has 3 rings (SSSR count). The highest BCUT2D eigenvalue weighted by Crippen LogP contribution is 2.31. The van der Waals surface area contributed by atoms with Crippen molar-refractivity contribution in [3.05, 3.63) is 66.1 Å². The minimum absolute atomic E-state index is 0.220. The van der Waals surface area contributed by atoms with Gasteiger partial charge in [0.1, 0.15) is 10.6 Å². The molecule has 0 unspecified atom stereocenters. The summed E-state index contributed by atoms with van der Waals surface area (Å²) in [4.78, 5) is 19.9. The number of benzene rings is 1. The molecule has 1 aromatic carbocycles. The Hall–Kier alpha value is -2.73. The number of carbonyl (C=O) groups is 1. The van der Waals surface area contributed by atoms with Crippen LogP contribution >= 0.6 is 11.3 Å². The Bertz CT molecular complexity index is 889. The average molecular weight is 341 g/mol. The van der Waals surface area contributed by atoms with E-state index in [0.29, 0.717) is 10.6 Å². The summed E-state index contributed by atoms with van der Waals surface area (Å²) in [5, 5.41) is 4.18. The number of amides is 1. The van der Waals surface area contributed by atoms with Crippen molar-refractivity contribution in [1.29, 1.82) is 0 Å². The Kier molecular flexibility index (Phi) is 4.57. The summed E-state index contributed by atoms with van der Waals surface area (Å²) < 4.78 is 13.1. The van der Waals surface area contributed by atoms with Gasteiger partial charge in [-0.15, -0.1) is 11.3 Å². The Balaban J connectivity index is 1.99. The van der Waals surface area contributed by atoms with Gasteiger partial charge in [-0.2, -0.15) is 0 Å². The molecule has 0 aliphatic carbocycles. The van der Waals surface area contributed by atoms with Crippen molar-refractivity contribution in [2.75, 3.05) is 16.8 Å². The number of rotatable bonds is 5. The minimum Gasteiger partial charge on any atom is -0.385 e. The molecule has 0 spiro atoms. The number of aromatic nitrogens is 1. The molecule has 0 saturated carbocycles. The topological polar surface area (TPSA) is 45.2 Å². The first-order valence-corrected chi connectivity index (χ1v) is 8.29. The third-order valence-electron chi connectivity index (χ3n) is 3.52. The Morgan fingerprint density at radius 1 is 1.38 bits per heavy atom. The zero-order valence-corrected chi connectivity index (χ0v) is 13.9. The van der Waals surface area contributed by atoms with E-state index in [1.807, 2.05) is 19.1 Å². The number of fused-ring (bicyclic) bond motifs is 1. The van der Waals surface area contributed by atoms with Crippen molar-refractivity contribution in [3.63, 3.8) is 0 Å². The summed E-state index contributed by atoms with van der Waals surface area (Å²) in [5.41, 5.74) is 1.51. The monoisotopic (exact) mass is 341 g/mol. The van der Waals surface area contributed by atoms with Crippen LogP contribution in [0.1, 0.15) is 16.6 Å². The molecule has 6 heteroatoms. The maximum absolute atomic E-state index is 13.1. The molecule has 122 valence electrons. The molecular weight excluding hydrogens is 325 g/mol. The molecule has 2 heterocycles. The van der Waals surface area contributed by atoms with Gasteiger partial charge in [0, 0.05) is 35.7 Å². The number of halogens is 1. The van der Waals surface area contributed by atoms with Crippen molar-refractivity contribution in [3.8, 4) is 0 Å². The lowest BCUT2D eigenvalue weighted by Gasteiger charge is -2.17. The largest absolute Gasteiger partial charge is 0.385 e. The molecular formula is C18H16FN3OS. The summed E-state index contributed by atoms with van der Waals surface area (Å²) in [6.45, 7) is 6.49. The first-order chi connectivity index (χ1) is 11.6. The van der Waals surface area contributed by atoms with Crippen LogP contribution in [0.3, 0.4) is 0 Å². The van der Waals surface area contributed by atoms with Gasteiger partial charge < -0.3 is 5.32 Å². The molecule has 3 aromatic rings. The van der Waals surface area contributed by atoms with Gasteiger partial charge in [0.2, 0.25) is 0 Å². The van der Waals surface area contributed by atoms with E-state index in [2.05, 4.69) is 16.9 Å². The van der Waals surface area contributed by atoms with E-state index in [1.165, 1.54) is 34.6 Å². The molecule has 1 amide bonds. The summed E-state index contributed by atoms with van der Waals surface area (Å²) in [7, 11) is 0. The Labute approximate surface area is 143 Å². The number of anilines is 2. The van der Waals surface area contributed by atoms with Gasteiger partial charge in [0.25, 0.3) is 5.91 Å². The Morgan fingerprint density at radius 3 is 2.79 bits per heavy atom. The molecule has 0 fully saturated rings. The van der Waals surface area contributed by atoms with Crippen molar-refractivity contribution >= 4 is 38.8 Å².